The van der Waals surface area contributed by atoms with Crippen LogP contribution < -0.4 is 5.32 Å². The molecular formula is C16H19ClN2O7. The number of benzene rings is 1. The largest absolute Gasteiger partial charge is 0.467 e. The number of hydrogen-bond acceptors (Lipinski definition) is 7. The zero-order chi connectivity index (χ0) is 19.9. The number of amides is 1. The highest BCUT2D eigenvalue weighted by Crippen LogP contribution is 2.22. The Hall–Kier alpha value is -2.68. The maximum Gasteiger partial charge on any atom is 0.340 e. The zero-order valence-electron chi connectivity index (χ0n) is 14.5. The van der Waals surface area contributed by atoms with Crippen LogP contribution in [0.5, 0.6) is 0 Å². The van der Waals surface area contributed by atoms with Crippen LogP contribution in [0.25, 0.3) is 0 Å². The summed E-state index contributed by atoms with van der Waals surface area (Å²) < 4.78 is 9.46. The molecule has 2 atom stereocenters. The average Bonchev–Trinajstić information content (AvgIpc) is 2.62. The van der Waals surface area contributed by atoms with Crippen molar-refractivity contribution in [1.29, 1.82) is 0 Å². The quantitative estimate of drug-likeness (QED) is 0.412. The number of carbonyl (C=O) groups is 3. The van der Waals surface area contributed by atoms with E-state index in [1.165, 1.54) is 13.2 Å². The van der Waals surface area contributed by atoms with Crippen LogP contribution in [0.3, 0.4) is 0 Å². The van der Waals surface area contributed by atoms with Gasteiger partial charge in [-0.2, -0.15) is 0 Å². The first-order chi connectivity index (χ1) is 12.2. The number of nitrogens with zero attached hydrogens (tertiary/aromatic N) is 1. The van der Waals surface area contributed by atoms with E-state index in [1.54, 1.807) is 6.92 Å². The third-order valence-electron chi connectivity index (χ3n) is 3.70. The Labute approximate surface area is 154 Å². The molecule has 1 amide bonds. The number of nitro benzene ring substituents is 1. The molecule has 0 saturated heterocycles. The first kappa shape index (κ1) is 21.4. The number of non-ortho nitro benzene ring substituents is 1. The summed E-state index contributed by atoms with van der Waals surface area (Å²) in [6, 6.07) is 2.40. The molecule has 0 fully saturated rings. The third kappa shape index (κ3) is 5.69. The van der Waals surface area contributed by atoms with Gasteiger partial charge < -0.3 is 14.8 Å². The fourth-order valence-electron chi connectivity index (χ4n) is 2.00. The Morgan fingerprint density at radius 3 is 2.54 bits per heavy atom. The standard InChI is InChI=1S/C16H19ClN2O7/c1-4-9(2)14(16(22)25-3)18-13(20)8-26-15(21)11-7-10(19(23)24)5-6-12(11)17/h5-7,9,14H,4,8H2,1-3H3,(H,18,20)/t9-,14+/m0/s1. The zero-order valence-corrected chi connectivity index (χ0v) is 15.2. The van der Waals surface area contributed by atoms with Crippen molar-refractivity contribution in [2.75, 3.05) is 13.7 Å². The van der Waals surface area contributed by atoms with E-state index in [0.717, 1.165) is 12.1 Å². The molecule has 0 aromatic heterocycles. The van der Waals surface area contributed by atoms with Crippen molar-refractivity contribution in [2.45, 2.75) is 26.3 Å². The van der Waals surface area contributed by atoms with Gasteiger partial charge in [-0.1, -0.05) is 31.9 Å². The summed E-state index contributed by atoms with van der Waals surface area (Å²) in [7, 11) is 1.20. The molecule has 142 valence electrons. The summed E-state index contributed by atoms with van der Waals surface area (Å²) in [6.45, 7) is 2.93. The average molecular weight is 387 g/mol. The number of nitrogens with one attached hydrogen (secondary N) is 1. The van der Waals surface area contributed by atoms with Crippen LogP contribution in [0.15, 0.2) is 18.2 Å². The van der Waals surface area contributed by atoms with E-state index in [2.05, 4.69) is 10.1 Å². The summed E-state index contributed by atoms with van der Waals surface area (Å²) in [6.07, 6.45) is 0.614. The second-order valence-electron chi connectivity index (χ2n) is 5.45. The minimum absolute atomic E-state index is 0.0481. The van der Waals surface area contributed by atoms with Gasteiger partial charge in [-0.05, 0) is 12.0 Å². The lowest BCUT2D eigenvalue weighted by atomic mass is 9.99. The van der Waals surface area contributed by atoms with Crippen LogP contribution in [-0.2, 0) is 19.1 Å². The lowest BCUT2D eigenvalue weighted by Gasteiger charge is -2.21. The minimum Gasteiger partial charge on any atom is -0.467 e. The summed E-state index contributed by atoms with van der Waals surface area (Å²) in [5.74, 6) is -2.50. The number of methoxy groups -OCH3 is 1. The maximum absolute atomic E-state index is 12.0. The highest BCUT2D eigenvalue weighted by Gasteiger charge is 2.27. The van der Waals surface area contributed by atoms with E-state index < -0.39 is 35.4 Å². The molecule has 26 heavy (non-hydrogen) atoms. The third-order valence-corrected chi connectivity index (χ3v) is 4.03. The van der Waals surface area contributed by atoms with E-state index in [4.69, 9.17) is 16.3 Å². The molecule has 1 aromatic rings. The Morgan fingerprint density at radius 2 is 2.00 bits per heavy atom. The second-order valence-corrected chi connectivity index (χ2v) is 5.86. The molecule has 0 unspecified atom stereocenters. The van der Waals surface area contributed by atoms with Gasteiger partial charge in [-0.3, -0.25) is 14.9 Å². The number of halogens is 1. The predicted octanol–water partition coefficient (Wildman–Crippen LogP) is 2.11. The summed E-state index contributed by atoms with van der Waals surface area (Å²) in [5.41, 5.74) is -0.576. The Kier molecular flexibility index (Phi) is 7.98. The second kappa shape index (κ2) is 9.71. The van der Waals surface area contributed by atoms with Gasteiger partial charge in [-0.15, -0.1) is 0 Å². The van der Waals surface area contributed by atoms with Gasteiger partial charge in [0.15, 0.2) is 6.61 Å². The summed E-state index contributed by atoms with van der Waals surface area (Å²) in [5, 5.41) is 13.2. The molecule has 0 aliphatic rings. The number of esters is 2. The normalized spacial score (nSPS) is 12.6. The lowest BCUT2D eigenvalue weighted by molar-refractivity contribution is -0.384. The highest BCUT2D eigenvalue weighted by atomic mass is 35.5. The Bertz CT molecular complexity index is 708. The van der Waals surface area contributed by atoms with Crippen LogP contribution in [-0.4, -0.2) is 42.5 Å². The van der Waals surface area contributed by atoms with E-state index in [9.17, 15) is 24.5 Å². The highest BCUT2D eigenvalue weighted by molar-refractivity contribution is 6.33. The van der Waals surface area contributed by atoms with Crippen LogP contribution in [0.2, 0.25) is 5.02 Å². The molecule has 10 heteroatoms. The van der Waals surface area contributed by atoms with E-state index >= 15 is 0 Å². The molecule has 1 rings (SSSR count). The minimum atomic E-state index is -0.994. The van der Waals surface area contributed by atoms with Crippen molar-refractivity contribution in [1.82, 2.24) is 5.32 Å². The first-order valence-electron chi connectivity index (χ1n) is 7.69. The number of nitro groups is 1. The fraction of sp³-hybridized carbons (Fsp3) is 0.438. The molecule has 0 saturated carbocycles. The molecule has 0 spiro atoms. The predicted molar refractivity (Wildman–Crippen MR) is 91.8 cm³/mol. The van der Waals surface area contributed by atoms with E-state index in [0.29, 0.717) is 6.42 Å². The SMILES string of the molecule is CC[C@H](C)[C@@H](NC(=O)COC(=O)c1cc([N+](=O)[O-])ccc1Cl)C(=O)OC. The molecular weight excluding hydrogens is 368 g/mol. The van der Waals surface area contributed by atoms with E-state index in [-0.39, 0.29) is 22.2 Å². The first-order valence-corrected chi connectivity index (χ1v) is 8.07. The molecule has 0 radical (unpaired) electrons. The number of carbonyl (C=O) groups excluding carboxylic acids is 3. The van der Waals surface area contributed by atoms with Crippen molar-refractivity contribution in [3.05, 3.63) is 38.9 Å². The van der Waals surface area contributed by atoms with Gasteiger partial charge >= 0.3 is 11.9 Å². The molecule has 0 heterocycles. The van der Waals surface area contributed by atoms with Crippen LogP contribution in [0.4, 0.5) is 5.69 Å². The Balaban J connectivity index is 2.75. The number of hydrogen-bond donors (Lipinski definition) is 1. The lowest BCUT2D eigenvalue weighted by Crippen LogP contribution is -2.47. The number of ether oxygens (including phenoxy) is 2. The van der Waals surface area contributed by atoms with Gasteiger partial charge in [0.2, 0.25) is 0 Å². The van der Waals surface area contributed by atoms with Crippen molar-refractivity contribution >= 4 is 35.1 Å². The molecule has 1 N–H and O–H groups in total. The van der Waals surface area contributed by atoms with Gasteiger partial charge in [-0.25, -0.2) is 9.59 Å². The summed E-state index contributed by atoms with van der Waals surface area (Å²) >= 11 is 5.83. The van der Waals surface area contributed by atoms with Crippen molar-refractivity contribution in [3.8, 4) is 0 Å². The smallest absolute Gasteiger partial charge is 0.340 e. The van der Waals surface area contributed by atoms with Gasteiger partial charge in [0.25, 0.3) is 11.6 Å². The van der Waals surface area contributed by atoms with E-state index in [1.807, 2.05) is 6.92 Å². The molecule has 0 aliphatic carbocycles. The fourth-order valence-corrected chi connectivity index (χ4v) is 2.20. The maximum atomic E-state index is 12.0. The van der Waals surface area contributed by atoms with Crippen molar-refractivity contribution in [3.63, 3.8) is 0 Å². The van der Waals surface area contributed by atoms with Crippen molar-refractivity contribution < 1.29 is 28.8 Å². The number of rotatable bonds is 8. The summed E-state index contributed by atoms with van der Waals surface area (Å²) in [4.78, 5) is 45.8. The van der Waals surface area contributed by atoms with Crippen LogP contribution in [0.1, 0.15) is 30.6 Å². The van der Waals surface area contributed by atoms with Gasteiger partial charge in [0.1, 0.15) is 6.04 Å². The van der Waals surface area contributed by atoms with Crippen molar-refractivity contribution in [2.24, 2.45) is 5.92 Å². The molecule has 9 nitrogen and oxygen atoms in total. The monoisotopic (exact) mass is 386 g/mol. The molecule has 0 aliphatic heterocycles. The molecule has 0 bridgehead atoms. The molecule has 1 aromatic carbocycles. The van der Waals surface area contributed by atoms with Crippen LogP contribution >= 0.6 is 11.6 Å². The Morgan fingerprint density at radius 1 is 1.35 bits per heavy atom. The van der Waals surface area contributed by atoms with Gasteiger partial charge in [0.05, 0.1) is 22.6 Å². The van der Waals surface area contributed by atoms with Gasteiger partial charge in [0, 0.05) is 12.1 Å². The topological polar surface area (TPSA) is 125 Å². The van der Waals surface area contributed by atoms with Crippen LogP contribution in [0, 0.1) is 16.0 Å².